The molecule has 0 aromatic heterocycles. The quantitative estimate of drug-likeness (QED) is 0.792. The maximum atomic E-state index is 12.0. The third-order valence-corrected chi connectivity index (χ3v) is 3.66. The normalized spacial score (nSPS) is 16.3. The highest BCUT2D eigenvalue weighted by Gasteiger charge is 2.19. The van der Waals surface area contributed by atoms with E-state index in [1.54, 1.807) is 0 Å². The van der Waals surface area contributed by atoms with E-state index in [-0.39, 0.29) is 0 Å². The van der Waals surface area contributed by atoms with Crippen LogP contribution in [0.4, 0.5) is 0 Å². The van der Waals surface area contributed by atoms with Gasteiger partial charge in [-0.2, -0.15) is 0 Å². The molecule has 0 saturated heterocycles. The third kappa shape index (κ3) is 3.40. The molecule has 0 atom stereocenters. The van der Waals surface area contributed by atoms with Crippen LogP contribution in [0.15, 0.2) is 24.3 Å². The Morgan fingerprint density at radius 2 is 1.82 bits per heavy atom. The highest BCUT2D eigenvalue weighted by Crippen LogP contribution is 2.28. The van der Waals surface area contributed by atoms with Crippen LogP contribution in [0.5, 0.6) is 0 Å². The Bertz CT molecular complexity index is 363. The number of benzene rings is 1. The number of hydrogen-bond acceptors (Lipinski definition) is 2. The lowest BCUT2D eigenvalue weighted by Crippen LogP contribution is -2.06. The molecule has 0 aliphatic heterocycles. The van der Waals surface area contributed by atoms with Gasteiger partial charge in [0.15, 0.2) is 5.78 Å². The van der Waals surface area contributed by atoms with E-state index in [4.69, 9.17) is 5.73 Å². The molecule has 1 aromatic carbocycles. The largest absolute Gasteiger partial charge is 0.330 e. The van der Waals surface area contributed by atoms with Crippen molar-refractivity contribution >= 4 is 5.78 Å². The number of ketones is 1. The summed E-state index contributed by atoms with van der Waals surface area (Å²) in [6.07, 6.45) is 6.68. The molecule has 0 amide bonds. The number of nitrogens with two attached hydrogens (primary N) is 1. The maximum absolute atomic E-state index is 12.0. The van der Waals surface area contributed by atoms with Gasteiger partial charge >= 0.3 is 0 Å². The molecule has 92 valence electrons. The van der Waals surface area contributed by atoms with Gasteiger partial charge in [-0.05, 0) is 24.4 Å². The fraction of sp³-hybridized carbons (Fsp3) is 0.533. The first kappa shape index (κ1) is 12.3. The summed E-state index contributed by atoms with van der Waals surface area (Å²) in [6.45, 7) is 0.662. The lowest BCUT2D eigenvalue weighted by atomic mass is 9.96. The van der Waals surface area contributed by atoms with Crippen molar-refractivity contribution in [1.82, 2.24) is 0 Å². The Morgan fingerprint density at radius 1 is 1.18 bits per heavy atom. The predicted molar refractivity (Wildman–Crippen MR) is 70.1 cm³/mol. The van der Waals surface area contributed by atoms with Gasteiger partial charge in [0, 0.05) is 12.0 Å². The molecule has 1 saturated carbocycles. The van der Waals surface area contributed by atoms with Crippen LogP contribution >= 0.6 is 0 Å². The van der Waals surface area contributed by atoms with Crippen LogP contribution in [0.2, 0.25) is 0 Å². The van der Waals surface area contributed by atoms with Crippen LogP contribution in [-0.4, -0.2) is 12.3 Å². The van der Waals surface area contributed by atoms with Crippen LogP contribution < -0.4 is 5.73 Å². The van der Waals surface area contributed by atoms with Gasteiger partial charge in [0.1, 0.15) is 0 Å². The maximum Gasteiger partial charge on any atom is 0.163 e. The molecule has 0 bridgehead atoms. The summed E-state index contributed by atoms with van der Waals surface area (Å²) in [5, 5.41) is 0. The van der Waals surface area contributed by atoms with Crippen molar-refractivity contribution < 1.29 is 4.79 Å². The summed E-state index contributed by atoms with van der Waals surface area (Å²) in [6, 6.07) is 7.94. The van der Waals surface area contributed by atoms with E-state index in [0.29, 0.717) is 18.2 Å². The lowest BCUT2D eigenvalue weighted by molar-refractivity contribution is 0.0962. The van der Waals surface area contributed by atoms with Crippen molar-refractivity contribution in [2.45, 2.75) is 38.5 Å². The first-order valence-corrected chi connectivity index (χ1v) is 6.62. The van der Waals surface area contributed by atoms with Crippen molar-refractivity contribution in [3.05, 3.63) is 35.4 Å². The zero-order valence-corrected chi connectivity index (χ0v) is 10.3. The van der Waals surface area contributed by atoms with Gasteiger partial charge in [0.05, 0.1) is 0 Å². The minimum atomic E-state index is 0.302. The Balaban J connectivity index is 1.93. The summed E-state index contributed by atoms with van der Waals surface area (Å²) in [5.41, 5.74) is 7.57. The van der Waals surface area contributed by atoms with Crippen LogP contribution in [0.1, 0.15) is 48.0 Å². The SMILES string of the molecule is NCCc1ccc(C(=O)CC2CCCC2)cc1. The average molecular weight is 231 g/mol. The summed E-state index contributed by atoms with van der Waals surface area (Å²) < 4.78 is 0. The van der Waals surface area contributed by atoms with Crippen LogP contribution in [0.25, 0.3) is 0 Å². The smallest absolute Gasteiger partial charge is 0.163 e. The molecule has 1 aliphatic carbocycles. The van der Waals surface area contributed by atoms with Crippen LogP contribution in [0.3, 0.4) is 0 Å². The third-order valence-electron chi connectivity index (χ3n) is 3.66. The number of carbonyl (C=O) groups is 1. The van der Waals surface area contributed by atoms with Crippen molar-refractivity contribution in [2.24, 2.45) is 11.7 Å². The topological polar surface area (TPSA) is 43.1 Å². The second kappa shape index (κ2) is 5.97. The van der Waals surface area contributed by atoms with Gasteiger partial charge in [-0.3, -0.25) is 4.79 Å². The number of Topliss-reactive ketones (excluding diaryl/α,β-unsaturated/α-hetero) is 1. The fourth-order valence-corrected chi connectivity index (χ4v) is 2.62. The van der Waals surface area contributed by atoms with Gasteiger partial charge in [-0.15, -0.1) is 0 Å². The van der Waals surface area contributed by atoms with Crippen LogP contribution in [-0.2, 0) is 6.42 Å². The predicted octanol–water partition coefficient (Wildman–Crippen LogP) is 2.95. The zero-order chi connectivity index (χ0) is 12.1. The van der Waals surface area contributed by atoms with Gasteiger partial charge < -0.3 is 5.73 Å². The van der Waals surface area contributed by atoms with Crippen molar-refractivity contribution in [2.75, 3.05) is 6.54 Å². The number of carbonyl (C=O) groups excluding carboxylic acids is 1. The molecule has 1 aromatic rings. The Morgan fingerprint density at radius 3 is 2.41 bits per heavy atom. The van der Waals surface area contributed by atoms with Gasteiger partial charge in [-0.25, -0.2) is 0 Å². The van der Waals surface area contributed by atoms with E-state index in [2.05, 4.69) is 0 Å². The van der Waals surface area contributed by atoms with Crippen LogP contribution in [0, 0.1) is 5.92 Å². The highest BCUT2D eigenvalue weighted by atomic mass is 16.1. The molecular weight excluding hydrogens is 210 g/mol. The van der Waals surface area contributed by atoms with E-state index in [0.717, 1.165) is 18.4 Å². The summed E-state index contributed by atoms with van der Waals surface area (Å²) in [7, 11) is 0. The summed E-state index contributed by atoms with van der Waals surface area (Å²) in [4.78, 5) is 12.0. The van der Waals surface area contributed by atoms with Crippen molar-refractivity contribution in [3.63, 3.8) is 0 Å². The molecule has 2 rings (SSSR count). The minimum absolute atomic E-state index is 0.302. The molecule has 2 N–H and O–H groups in total. The fourth-order valence-electron chi connectivity index (χ4n) is 2.62. The summed E-state index contributed by atoms with van der Waals surface area (Å²) in [5.74, 6) is 0.933. The molecule has 0 spiro atoms. The van der Waals surface area contributed by atoms with E-state index in [1.807, 2.05) is 24.3 Å². The number of rotatable bonds is 5. The molecular formula is C15H21NO. The van der Waals surface area contributed by atoms with Crippen molar-refractivity contribution in [3.8, 4) is 0 Å². The Kier molecular flexibility index (Phi) is 4.32. The van der Waals surface area contributed by atoms with E-state index in [9.17, 15) is 4.79 Å². The molecule has 0 unspecified atom stereocenters. The average Bonchev–Trinajstić information content (AvgIpc) is 2.83. The van der Waals surface area contributed by atoms with Gasteiger partial charge in [-0.1, -0.05) is 49.9 Å². The molecule has 0 heterocycles. The zero-order valence-electron chi connectivity index (χ0n) is 10.3. The second-order valence-corrected chi connectivity index (χ2v) is 5.01. The second-order valence-electron chi connectivity index (χ2n) is 5.01. The molecule has 0 radical (unpaired) electrons. The van der Waals surface area contributed by atoms with E-state index < -0.39 is 0 Å². The van der Waals surface area contributed by atoms with E-state index in [1.165, 1.54) is 31.2 Å². The minimum Gasteiger partial charge on any atom is -0.330 e. The molecule has 2 heteroatoms. The molecule has 1 aliphatic rings. The Labute approximate surface area is 103 Å². The van der Waals surface area contributed by atoms with Gasteiger partial charge in [0.25, 0.3) is 0 Å². The Hall–Kier alpha value is -1.15. The van der Waals surface area contributed by atoms with Crippen molar-refractivity contribution in [1.29, 1.82) is 0 Å². The molecule has 2 nitrogen and oxygen atoms in total. The summed E-state index contributed by atoms with van der Waals surface area (Å²) >= 11 is 0. The first-order chi connectivity index (χ1) is 8.29. The monoisotopic (exact) mass is 231 g/mol. The van der Waals surface area contributed by atoms with Gasteiger partial charge in [0.2, 0.25) is 0 Å². The lowest BCUT2D eigenvalue weighted by Gasteiger charge is -2.08. The standard InChI is InChI=1S/C15H21NO/c16-10-9-12-5-7-14(8-6-12)15(17)11-13-3-1-2-4-13/h5-8,13H,1-4,9-11,16H2. The molecule has 1 fully saturated rings. The van der Waals surface area contributed by atoms with E-state index >= 15 is 0 Å². The molecule has 17 heavy (non-hydrogen) atoms. The highest BCUT2D eigenvalue weighted by molar-refractivity contribution is 5.96. The number of hydrogen-bond donors (Lipinski definition) is 1. The first-order valence-electron chi connectivity index (χ1n) is 6.62.